The van der Waals surface area contributed by atoms with E-state index in [0.29, 0.717) is 19.3 Å². The van der Waals surface area contributed by atoms with Gasteiger partial charge in [-0.25, -0.2) is 0 Å². The van der Waals surface area contributed by atoms with Crippen molar-refractivity contribution in [2.24, 2.45) is 5.92 Å². The summed E-state index contributed by atoms with van der Waals surface area (Å²) in [5, 5.41) is 15.7. The van der Waals surface area contributed by atoms with Gasteiger partial charge in [-0.05, 0) is 74.8 Å². The van der Waals surface area contributed by atoms with Gasteiger partial charge in [0.25, 0.3) is 0 Å². The van der Waals surface area contributed by atoms with Crippen molar-refractivity contribution in [3.63, 3.8) is 0 Å². The van der Waals surface area contributed by atoms with Gasteiger partial charge in [0.1, 0.15) is 17.6 Å². The molecule has 6 heteroatoms. The molecule has 3 aliphatic carbocycles. The summed E-state index contributed by atoms with van der Waals surface area (Å²) in [7, 11) is 0. The number of likely N-dealkylation sites (tertiary alicyclic amines) is 1. The monoisotopic (exact) mass is 448 g/mol. The highest BCUT2D eigenvalue weighted by atomic mass is 16.5. The van der Waals surface area contributed by atoms with Crippen LogP contribution in [0.1, 0.15) is 55.4 Å². The largest absolute Gasteiger partial charge is 0.487 e. The van der Waals surface area contributed by atoms with Gasteiger partial charge in [-0.15, -0.1) is 0 Å². The van der Waals surface area contributed by atoms with Gasteiger partial charge in [0.2, 0.25) is 5.91 Å². The minimum atomic E-state index is -0.806. The van der Waals surface area contributed by atoms with Crippen molar-refractivity contribution >= 4 is 5.91 Å². The van der Waals surface area contributed by atoms with E-state index in [1.165, 1.54) is 24.0 Å². The van der Waals surface area contributed by atoms with Crippen molar-refractivity contribution in [1.82, 2.24) is 10.2 Å². The van der Waals surface area contributed by atoms with Crippen LogP contribution in [0.25, 0.3) is 0 Å². The number of nitrogens with zero attached hydrogens (tertiary/aromatic N) is 1. The molecule has 174 valence electrons. The fraction of sp³-hybridized carbons (Fsp3) is 0.593. The van der Waals surface area contributed by atoms with Gasteiger partial charge in [0.15, 0.2) is 0 Å². The highest BCUT2D eigenvalue weighted by Gasteiger charge is 2.72. The average Bonchev–Trinajstić information content (AvgIpc) is 3.33. The second-order valence-corrected chi connectivity index (χ2v) is 10.9. The van der Waals surface area contributed by atoms with Gasteiger partial charge in [0.05, 0.1) is 23.3 Å². The number of carbonyl (C=O) groups is 1. The van der Waals surface area contributed by atoms with E-state index in [9.17, 15) is 9.90 Å². The van der Waals surface area contributed by atoms with Crippen LogP contribution in [0.2, 0.25) is 0 Å². The summed E-state index contributed by atoms with van der Waals surface area (Å²) in [6, 6.07) is 10.2. The number of ether oxygens (including phenoxy) is 1. The Balaban J connectivity index is 1.20. The summed E-state index contributed by atoms with van der Waals surface area (Å²) in [5.41, 5.74) is 1.32. The first kappa shape index (κ1) is 20.1. The van der Waals surface area contributed by atoms with Crippen molar-refractivity contribution in [3.05, 3.63) is 53.5 Å². The van der Waals surface area contributed by atoms with Gasteiger partial charge in [-0.2, -0.15) is 0 Å². The van der Waals surface area contributed by atoms with Crippen LogP contribution < -0.4 is 10.1 Å². The van der Waals surface area contributed by atoms with Crippen LogP contribution in [-0.2, 0) is 23.1 Å². The zero-order valence-corrected chi connectivity index (χ0v) is 19.0. The Morgan fingerprint density at radius 2 is 2.09 bits per heavy atom. The van der Waals surface area contributed by atoms with Crippen molar-refractivity contribution in [3.8, 4) is 5.75 Å². The van der Waals surface area contributed by atoms with E-state index in [1.807, 2.05) is 12.1 Å². The molecule has 33 heavy (non-hydrogen) atoms. The highest BCUT2D eigenvalue weighted by Crippen LogP contribution is 2.64. The third-order valence-corrected chi connectivity index (χ3v) is 9.19. The lowest BCUT2D eigenvalue weighted by Crippen LogP contribution is -2.78. The van der Waals surface area contributed by atoms with E-state index in [2.05, 4.69) is 28.4 Å². The number of nitrogens with one attached hydrogen (secondary N) is 1. The van der Waals surface area contributed by atoms with E-state index in [0.717, 1.165) is 49.8 Å². The normalized spacial score (nSPS) is 36.2. The van der Waals surface area contributed by atoms with E-state index < -0.39 is 11.0 Å². The summed E-state index contributed by atoms with van der Waals surface area (Å²) in [4.78, 5) is 15.5. The summed E-state index contributed by atoms with van der Waals surface area (Å²) in [6.45, 7) is 2.10. The molecule has 6 nitrogen and oxygen atoms in total. The molecule has 5 atom stereocenters. The lowest BCUT2D eigenvalue weighted by atomic mass is 9.48. The summed E-state index contributed by atoms with van der Waals surface area (Å²) in [5.74, 6) is 2.57. The maximum absolute atomic E-state index is 12.9. The number of hydrogen-bond donors (Lipinski definition) is 2. The van der Waals surface area contributed by atoms with Crippen LogP contribution in [0, 0.1) is 5.92 Å². The number of aryl methyl sites for hydroxylation is 1. The molecule has 2 bridgehead atoms. The third-order valence-electron chi connectivity index (χ3n) is 9.19. The number of hydrogen-bond acceptors (Lipinski definition) is 5. The van der Waals surface area contributed by atoms with Crippen molar-refractivity contribution in [2.45, 2.75) is 80.6 Å². The molecule has 1 aromatic carbocycles. The summed E-state index contributed by atoms with van der Waals surface area (Å²) < 4.78 is 12.0. The molecule has 0 unspecified atom stereocenters. The van der Waals surface area contributed by atoms with Gasteiger partial charge in [-0.3, -0.25) is 9.69 Å². The van der Waals surface area contributed by atoms with E-state index in [4.69, 9.17) is 9.15 Å². The molecular weight excluding hydrogens is 416 g/mol. The molecule has 1 amide bonds. The molecule has 2 aromatic rings. The second kappa shape index (κ2) is 7.09. The van der Waals surface area contributed by atoms with Crippen molar-refractivity contribution < 1.29 is 19.1 Å². The van der Waals surface area contributed by atoms with Crippen molar-refractivity contribution in [1.29, 1.82) is 0 Å². The predicted molar refractivity (Wildman–Crippen MR) is 122 cm³/mol. The Kier molecular flexibility index (Phi) is 4.32. The van der Waals surface area contributed by atoms with Crippen LogP contribution in [0.4, 0.5) is 0 Å². The number of aliphatic hydroxyl groups is 1. The summed E-state index contributed by atoms with van der Waals surface area (Å²) in [6.07, 6.45) is 8.29. The van der Waals surface area contributed by atoms with Crippen LogP contribution in [0.15, 0.2) is 41.0 Å². The van der Waals surface area contributed by atoms with Crippen LogP contribution in [0.5, 0.6) is 5.75 Å². The maximum atomic E-state index is 12.9. The molecule has 3 heterocycles. The summed E-state index contributed by atoms with van der Waals surface area (Å²) >= 11 is 0. The van der Waals surface area contributed by atoms with Crippen LogP contribution >= 0.6 is 0 Å². The first-order chi connectivity index (χ1) is 16.1. The van der Waals surface area contributed by atoms with Gasteiger partial charge < -0.3 is 19.6 Å². The van der Waals surface area contributed by atoms with Crippen LogP contribution in [-0.4, -0.2) is 52.8 Å². The number of furan rings is 1. The van der Waals surface area contributed by atoms with E-state index >= 15 is 0 Å². The number of carbonyl (C=O) groups excluding carboxylic acids is 1. The van der Waals surface area contributed by atoms with E-state index in [1.54, 1.807) is 6.26 Å². The van der Waals surface area contributed by atoms with Gasteiger partial charge >= 0.3 is 0 Å². The molecule has 3 fully saturated rings. The minimum absolute atomic E-state index is 0.0246. The molecule has 1 spiro atoms. The average molecular weight is 449 g/mol. The fourth-order valence-electron chi connectivity index (χ4n) is 7.57. The highest BCUT2D eigenvalue weighted by molar-refractivity contribution is 5.76. The first-order valence-corrected chi connectivity index (χ1v) is 12.7. The molecule has 5 aliphatic rings. The lowest BCUT2D eigenvalue weighted by molar-refractivity contribution is -0.192. The van der Waals surface area contributed by atoms with E-state index in [-0.39, 0.29) is 24.1 Å². The zero-order chi connectivity index (χ0) is 22.2. The smallest absolute Gasteiger partial charge is 0.220 e. The number of rotatable bonds is 6. The topological polar surface area (TPSA) is 74.9 Å². The van der Waals surface area contributed by atoms with Gasteiger partial charge in [-0.1, -0.05) is 12.1 Å². The Bertz CT molecular complexity index is 1080. The predicted octanol–water partition coefficient (Wildman–Crippen LogP) is 2.96. The molecule has 0 radical (unpaired) electrons. The third kappa shape index (κ3) is 2.83. The molecule has 1 saturated heterocycles. The molecule has 1 aromatic heterocycles. The Morgan fingerprint density at radius 1 is 1.18 bits per heavy atom. The Morgan fingerprint density at radius 3 is 2.91 bits per heavy atom. The zero-order valence-electron chi connectivity index (χ0n) is 19.0. The molecular formula is C27H32N2O4. The minimum Gasteiger partial charge on any atom is -0.487 e. The maximum Gasteiger partial charge on any atom is 0.220 e. The molecule has 2 saturated carbocycles. The number of amides is 1. The SMILES string of the molecule is O=C(CCc1ccco1)N[C@@H]1CC[C@@]2(O)[C@H]3Cc4cccc5c4[C@@]2(CCN3CC2CC2)[C@H]1O5. The molecule has 2 N–H and O–H groups in total. The molecule has 7 rings (SSSR count). The van der Waals surface area contributed by atoms with Crippen molar-refractivity contribution in [2.75, 3.05) is 13.1 Å². The lowest BCUT2D eigenvalue weighted by Gasteiger charge is -2.64. The van der Waals surface area contributed by atoms with Crippen LogP contribution in [0.3, 0.4) is 0 Å². The quantitative estimate of drug-likeness (QED) is 0.711. The Hall–Kier alpha value is -2.31. The fourth-order valence-corrected chi connectivity index (χ4v) is 7.57. The van der Waals surface area contributed by atoms with Gasteiger partial charge in [0, 0.05) is 31.0 Å². The standard InChI is InChI=1S/C27H32N2O4/c30-23(9-8-19-4-2-14-32-19)28-20-10-11-27(31)22-15-18-3-1-5-21-24(18)26(27,25(20)33-21)12-13-29(22)16-17-6-7-17/h1-5,14,17,20,22,25,31H,6-13,15-16H2,(H,28,30)/t20-,22-,25+,26+,27-/m1/s1. The molecule has 2 aliphatic heterocycles. The second-order valence-electron chi connectivity index (χ2n) is 10.9. The first-order valence-electron chi connectivity index (χ1n) is 12.7. The number of piperidine rings is 1. The number of benzene rings is 1. The Labute approximate surface area is 194 Å².